The van der Waals surface area contributed by atoms with Gasteiger partial charge in [0.25, 0.3) is 0 Å². The first-order chi connectivity index (χ1) is 30.7. The van der Waals surface area contributed by atoms with E-state index in [1.54, 1.807) is 0 Å². The number of benzene rings is 12. The summed E-state index contributed by atoms with van der Waals surface area (Å²) in [6.45, 7) is 0. The quantitative estimate of drug-likeness (QED) is 0.156. The molecular formula is C62H42. The Balaban J connectivity index is 0.857. The van der Waals surface area contributed by atoms with Gasteiger partial charge in [0, 0.05) is 5.41 Å². The summed E-state index contributed by atoms with van der Waals surface area (Å²) in [6.07, 6.45) is 6.24. The van der Waals surface area contributed by atoms with Crippen molar-refractivity contribution in [2.75, 3.05) is 0 Å². The van der Waals surface area contributed by atoms with Crippen LogP contribution in [-0.4, -0.2) is 0 Å². The van der Waals surface area contributed by atoms with Gasteiger partial charge in [-0.3, -0.25) is 0 Å². The molecule has 14 rings (SSSR count). The van der Waals surface area contributed by atoms with Crippen LogP contribution in [0.2, 0.25) is 0 Å². The molecule has 12 aromatic rings. The molecule has 0 bridgehead atoms. The van der Waals surface area contributed by atoms with Crippen molar-refractivity contribution in [1.82, 2.24) is 0 Å². The fraction of sp³-hybridized carbons (Fsp3) is 0.0968. The molecule has 0 heterocycles. The molecule has 2 aliphatic rings. The van der Waals surface area contributed by atoms with E-state index in [0.717, 1.165) is 0 Å². The normalized spacial score (nSPS) is 14.6. The summed E-state index contributed by atoms with van der Waals surface area (Å²) in [5, 5.41) is 16.0. The van der Waals surface area contributed by atoms with Crippen LogP contribution in [0.5, 0.6) is 0 Å². The smallest absolute Gasteiger partial charge is 0.0215 e. The first-order valence-corrected chi connectivity index (χ1v) is 22.5. The zero-order valence-corrected chi connectivity index (χ0v) is 34.5. The Morgan fingerprint density at radius 2 is 0.613 bits per heavy atom. The van der Waals surface area contributed by atoms with Gasteiger partial charge in [0.2, 0.25) is 0 Å². The molecule has 0 amide bonds. The van der Waals surface area contributed by atoms with E-state index in [0.29, 0.717) is 0 Å². The van der Waals surface area contributed by atoms with Crippen LogP contribution in [0.1, 0.15) is 43.2 Å². The van der Waals surface area contributed by atoms with Crippen LogP contribution in [0, 0.1) is 0 Å². The zero-order valence-electron chi connectivity index (χ0n) is 34.5. The molecule has 1 spiro atoms. The maximum Gasteiger partial charge on any atom is 0.0215 e. The second kappa shape index (κ2) is 12.9. The van der Waals surface area contributed by atoms with Crippen molar-refractivity contribution in [2.24, 2.45) is 0 Å². The van der Waals surface area contributed by atoms with E-state index < -0.39 is 0 Å². The van der Waals surface area contributed by atoms with Crippen LogP contribution in [0.15, 0.2) is 194 Å². The van der Waals surface area contributed by atoms with Crippen LogP contribution in [-0.2, 0) is 5.41 Å². The summed E-state index contributed by atoms with van der Waals surface area (Å²) >= 11 is 0. The fourth-order valence-corrected chi connectivity index (χ4v) is 12.3. The van der Waals surface area contributed by atoms with Gasteiger partial charge in [0.15, 0.2) is 0 Å². The largest absolute Gasteiger partial charge is 0.0610 e. The van der Waals surface area contributed by atoms with Crippen LogP contribution >= 0.6 is 0 Å². The van der Waals surface area contributed by atoms with Crippen molar-refractivity contribution in [3.8, 4) is 55.6 Å². The maximum atomic E-state index is 2.57. The second-order valence-corrected chi connectivity index (χ2v) is 18.3. The molecule has 0 saturated heterocycles. The van der Waals surface area contributed by atoms with Crippen molar-refractivity contribution < 1.29 is 0 Å². The molecule has 290 valence electrons. The van der Waals surface area contributed by atoms with Gasteiger partial charge in [0.1, 0.15) is 0 Å². The second-order valence-electron chi connectivity index (χ2n) is 18.3. The molecule has 0 N–H and O–H groups in total. The molecule has 0 unspecified atom stereocenters. The summed E-state index contributed by atoms with van der Waals surface area (Å²) in [5.74, 6) is 0. The third kappa shape index (κ3) is 4.84. The molecule has 0 atom stereocenters. The lowest BCUT2D eigenvalue weighted by Crippen LogP contribution is -2.28. The minimum atomic E-state index is 0.0301. The number of fused-ring (bicyclic) bond motifs is 5. The third-order valence-electron chi connectivity index (χ3n) is 15.1. The Morgan fingerprint density at radius 1 is 0.258 bits per heavy atom. The molecular weight excluding hydrogens is 745 g/mol. The van der Waals surface area contributed by atoms with Gasteiger partial charge < -0.3 is 0 Å². The van der Waals surface area contributed by atoms with Gasteiger partial charge in [-0.15, -0.1) is 0 Å². The lowest BCUT2D eigenvalue weighted by Gasteiger charge is -2.36. The molecule has 0 aromatic heterocycles. The SMILES string of the molecule is c1cc(-c2ccc3c(c2)C2(CCCCC2)c2cc(-c4cccc(-c5ccc6ccc7cccc8ccc5c6c78)c4)ccc2-3)cc(-c2ccc3ccc4cccc5ccc2c3c45)c1. The first-order valence-electron chi connectivity index (χ1n) is 22.5. The number of hydrogen-bond donors (Lipinski definition) is 0. The lowest BCUT2D eigenvalue weighted by atomic mass is 9.67. The predicted molar refractivity (Wildman–Crippen MR) is 265 cm³/mol. The van der Waals surface area contributed by atoms with E-state index in [9.17, 15) is 0 Å². The van der Waals surface area contributed by atoms with Crippen LogP contribution in [0.4, 0.5) is 0 Å². The Bertz CT molecular complexity index is 3510. The minimum absolute atomic E-state index is 0.0301. The molecule has 2 aliphatic carbocycles. The Hall–Kier alpha value is -7.28. The molecule has 1 saturated carbocycles. The summed E-state index contributed by atoms with van der Waals surface area (Å²) in [4.78, 5) is 0. The maximum absolute atomic E-state index is 2.57. The summed E-state index contributed by atoms with van der Waals surface area (Å²) in [6, 6.07) is 74.3. The van der Waals surface area contributed by atoms with Crippen LogP contribution in [0.3, 0.4) is 0 Å². The van der Waals surface area contributed by atoms with E-state index in [1.165, 1.54) is 164 Å². The van der Waals surface area contributed by atoms with Gasteiger partial charge in [-0.1, -0.05) is 189 Å². The Kier molecular flexibility index (Phi) is 7.15. The standard InChI is InChI=1S/C62H42/c1-2-32-62(33-3-1)56-36-46(44-12-6-14-48(34-44)50-26-20-42-18-16-38-8-4-10-40-22-30-54(50)60(42)58(38)40)24-28-52(56)53-29-25-47(37-57(53)62)45-13-7-15-49(35-45)51-27-21-43-19-17-39-9-5-11-41-23-31-55(51)61(43)59(39)41/h4-31,34-37H,1-3,32-33H2. The van der Waals surface area contributed by atoms with Gasteiger partial charge in [-0.05, 0) is 169 Å². The average Bonchev–Trinajstić information content (AvgIpc) is 3.59. The monoisotopic (exact) mass is 786 g/mol. The summed E-state index contributed by atoms with van der Waals surface area (Å²) in [5.41, 5.74) is 16.2. The van der Waals surface area contributed by atoms with E-state index in [4.69, 9.17) is 0 Å². The predicted octanol–water partition coefficient (Wildman–Crippen LogP) is 17.4. The lowest BCUT2D eigenvalue weighted by molar-refractivity contribution is 0.353. The zero-order chi connectivity index (χ0) is 40.5. The fourth-order valence-electron chi connectivity index (χ4n) is 12.3. The minimum Gasteiger partial charge on any atom is -0.0610 e. The highest BCUT2D eigenvalue weighted by atomic mass is 14.5. The summed E-state index contributed by atoms with van der Waals surface area (Å²) in [7, 11) is 0. The molecule has 12 aromatic carbocycles. The van der Waals surface area contributed by atoms with Crippen molar-refractivity contribution in [2.45, 2.75) is 37.5 Å². The molecule has 0 aliphatic heterocycles. The van der Waals surface area contributed by atoms with Crippen molar-refractivity contribution in [1.29, 1.82) is 0 Å². The number of rotatable bonds is 4. The third-order valence-corrected chi connectivity index (χ3v) is 15.1. The van der Waals surface area contributed by atoms with Crippen LogP contribution < -0.4 is 0 Å². The van der Waals surface area contributed by atoms with Crippen LogP contribution in [0.25, 0.3) is 120 Å². The topological polar surface area (TPSA) is 0 Å². The Labute approximate surface area is 361 Å². The highest BCUT2D eigenvalue weighted by molar-refractivity contribution is 6.26. The molecule has 62 heavy (non-hydrogen) atoms. The average molecular weight is 787 g/mol. The molecule has 0 nitrogen and oxygen atoms in total. The van der Waals surface area contributed by atoms with E-state index in [1.807, 2.05) is 0 Å². The first kappa shape index (κ1) is 34.4. The van der Waals surface area contributed by atoms with Gasteiger partial charge in [-0.25, -0.2) is 0 Å². The molecule has 0 radical (unpaired) electrons. The van der Waals surface area contributed by atoms with E-state index >= 15 is 0 Å². The van der Waals surface area contributed by atoms with E-state index in [-0.39, 0.29) is 5.41 Å². The highest BCUT2D eigenvalue weighted by Gasteiger charge is 2.44. The summed E-state index contributed by atoms with van der Waals surface area (Å²) < 4.78 is 0. The molecule has 1 fully saturated rings. The van der Waals surface area contributed by atoms with Crippen molar-refractivity contribution in [3.63, 3.8) is 0 Å². The van der Waals surface area contributed by atoms with Crippen molar-refractivity contribution in [3.05, 3.63) is 205 Å². The van der Waals surface area contributed by atoms with Gasteiger partial charge in [-0.2, -0.15) is 0 Å². The molecule has 0 heteroatoms. The van der Waals surface area contributed by atoms with Gasteiger partial charge >= 0.3 is 0 Å². The van der Waals surface area contributed by atoms with Crippen molar-refractivity contribution >= 4 is 64.6 Å². The highest BCUT2D eigenvalue weighted by Crippen LogP contribution is 2.57. The Morgan fingerprint density at radius 3 is 1.08 bits per heavy atom. The van der Waals surface area contributed by atoms with E-state index in [2.05, 4.69) is 194 Å². The van der Waals surface area contributed by atoms with Gasteiger partial charge in [0.05, 0.1) is 0 Å². The number of hydrogen-bond acceptors (Lipinski definition) is 0.